The number of carbonyl (C=O) groups is 1. The molecular weight excluding hydrogens is 352 g/mol. The van der Waals surface area contributed by atoms with Crippen LogP contribution in [0.5, 0.6) is 0 Å². The van der Waals surface area contributed by atoms with Crippen molar-refractivity contribution < 1.29 is 17.9 Å². The number of hydrogen-bond donors (Lipinski definition) is 0. The highest BCUT2D eigenvalue weighted by molar-refractivity contribution is 7.89. The lowest BCUT2D eigenvalue weighted by Crippen LogP contribution is -2.47. The topological polar surface area (TPSA) is 66.9 Å². The van der Waals surface area contributed by atoms with E-state index in [0.29, 0.717) is 26.2 Å². The SMILES string of the molecule is CCN(CC)S(=O)(=O)c1ccc(/C=C/C(=O)N2C[C@H](C)O[C@@H](C)C2)cc1. The summed E-state index contributed by atoms with van der Waals surface area (Å²) in [7, 11) is -3.46. The average Bonchev–Trinajstić information content (AvgIpc) is 2.60. The first-order chi connectivity index (χ1) is 12.3. The van der Waals surface area contributed by atoms with Crippen LogP contribution < -0.4 is 0 Å². The molecule has 1 saturated heterocycles. The molecule has 1 aromatic rings. The quantitative estimate of drug-likeness (QED) is 0.711. The molecule has 0 radical (unpaired) electrons. The monoisotopic (exact) mass is 380 g/mol. The van der Waals surface area contributed by atoms with Gasteiger partial charge in [0.05, 0.1) is 17.1 Å². The van der Waals surface area contributed by atoms with Gasteiger partial charge in [0.15, 0.2) is 0 Å². The van der Waals surface area contributed by atoms with Gasteiger partial charge in [-0.05, 0) is 37.6 Å². The third kappa shape index (κ3) is 4.93. The van der Waals surface area contributed by atoms with E-state index >= 15 is 0 Å². The Bertz CT molecular complexity index is 729. The molecule has 1 heterocycles. The number of nitrogens with zero attached hydrogens (tertiary/aromatic N) is 2. The minimum atomic E-state index is -3.46. The summed E-state index contributed by atoms with van der Waals surface area (Å²) in [5.41, 5.74) is 0.784. The van der Waals surface area contributed by atoms with Crippen LogP contribution >= 0.6 is 0 Å². The second-order valence-corrected chi connectivity index (χ2v) is 8.43. The Hall–Kier alpha value is -1.70. The van der Waals surface area contributed by atoms with E-state index in [1.54, 1.807) is 35.2 Å². The summed E-state index contributed by atoms with van der Waals surface area (Å²) in [6, 6.07) is 6.59. The molecule has 144 valence electrons. The normalized spacial score (nSPS) is 21.5. The largest absolute Gasteiger partial charge is 0.372 e. The highest BCUT2D eigenvalue weighted by Crippen LogP contribution is 2.17. The third-order valence-corrected chi connectivity index (χ3v) is 6.44. The van der Waals surface area contributed by atoms with Crippen LogP contribution in [0.25, 0.3) is 6.08 Å². The molecule has 2 rings (SSSR count). The molecule has 7 heteroatoms. The van der Waals surface area contributed by atoms with Crippen molar-refractivity contribution in [1.29, 1.82) is 0 Å². The van der Waals surface area contributed by atoms with Crippen LogP contribution in [0.4, 0.5) is 0 Å². The molecule has 0 N–H and O–H groups in total. The lowest BCUT2D eigenvalue weighted by Gasteiger charge is -2.34. The minimum Gasteiger partial charge on any atom is -0.372 e. The van der Waals surface area contributed by atoms with Crippen LogP contribution in [0.2, 0.25) is 0 Å². The molecule has 1 fully saturated rings. The number of hydrogen-bond acceptors (Lipinski definition) is 4. The fourth-order valence-corrected chi connectivity index (χ4v) is 4.55. The molecule has 1 aliphatic heterocycles. The second kappa shape index (κ2) is 8.79. The smallest absolute Gasteiger partial charge is 0.246 e. The van der Waals surface area contributed by atoms with E-state index in [1.807, 2.05) is 27.7 Å². The van der Waals surface area contributed by atoms with Gasteiger partial charge in [-0.1, -0.05) is 26.0 Å². The highest BCUT2D eigenvalue weighted by atomic mass is 32.2. The molecule has 0 saturated carbocycles. The van der Waals surface area contributed by atoms with E-state index in [4.69, 9.17) is 4.74 Å². The summed E-state index contributed by atoms with van der Waals surface area (Å²) in [5, 5.41) is 0. The number of sulfonamides is 1. The average molecular weight is 381 g/mol. The predicted molar refractivity (Wildman–Crippen MR) is 102 cm³/mol. The van der Waals surface area contributed by atoms with Crippen LogP contribution in [-0.4, -0.2) is 61.9 Å². The first kappa shape index (κ1) is 20.6. The maximum Gasteiger partial charge on any atom is 0.246 e. The van der Waals surface area contributed by atoms with Gasteiger partial charge in [-0.2, -0.15) is 4.31 Å². The Morgan fingerprint density at radius 3 is 2.19 bits per heavy atom. The second-order valence-electron chi connectivity index (χ2n) is 6.49. The van der Waals surface area contributed by atoms with E-state index in [1.165, 1.54) is 10.4 Å². The Kier molecular flexibility index (Phi) is 6.97. The summed E-state index contributed by atoms with van der Waals surface area (Å²) in [5.74, 6) is -0.0631. The van der Waals surface area contributed by atoms with E-state index in [9.17, 15) is 13.2 Å². The number of morpholine rings is 1. The van der Waals surface area contributed by atoms with Crippen molar-refractivity contribution in [2.75, 3.05) is 26.2 Å². The first-order valence-electron chi connectivity index (χ1n) is 9.00. The number of benzene rings is 1. The van der Waals surface area contributed by atoms with Crippen molar-refractivity contribution in [2.24, 2.45) is 0 Å². The summed E-state index contributed by atoms with van der Waals surface area (Å²) < 4.78 is 32.0. The van der Waals surface area contributed by atoms with Crippen LogP contribution in [0.1, 0.15) is 33.3 Å². The van der Waals surface area contributed by atoms with Crippen LogP contribution in [0, 0.1) is 0 Å². The van der Waals surface area contributed by atoms with Crippen molar-refractivity contribution in [3.8, 4) is 0 Å². The number of ether oxygens (including phenoxy) is 1. The van der Waals surface area contributed by atoms with Gasteiger partial charge in [0.2, 0.25) is 15.9 Å². The van der Waals surface area contributed by atoms with Crippen molar-refractivity contribution in [3.05, 3.63) is 35.9 Å². The lowest BCUT2D eigenvalue weighted by molar-refractivity contribution is -0.137. The lowest BCUT2D eigenvalue weighted by atomic mass is 10.2. The van der Waals surface area contributed by atoms with E-state index in [2.05, 4.69) is 0 Å². The number of amides is 1. The summed E-state index contributed by atoms with van der Waals surface area (Å²) >= 11 is 0. The Morgan fingerprint density at radius 2 is 1.69 bits per heavy atom. The van der Waals surface area contributed by atoms with Gasteiger partial charge in [-0.3, -0.25) is 4.79 Å². The van der Waals surface area contributed by atoms with Crippen LogP contribution in [0.3, 0.4) is 0 Å². The molecule has 6 nitrogen and oxygen atoms in total. The molecule has 0 aliphatic carbocycles. The molecule has 1 amide bonds. The highest BCUT2D eigenvalue weighted by Gasteiger charge is 2.24. The van der Waals surface area contributed by atoms with Gasteiger partial charge in [-0.15, -0.1) is 0 Å². The maximum atomic E-state index is 12.5. The Balaban J connectivity index is 2.07. The van der Waals surface area contributed by atoms with Crippen molar-refractivity contribution >= 4 is 22.0 Å². The molecule has 0 spiro atoms. The Labute approximate surface area is 156 Å². The van der Waals surface area contributed by atoms with Gasteiger partial charge < -0.3 is 9.64 Å². The zero-order valence-corrected chi connectivity index (χ0v) is 16.7. The molecule has 0 bridgehead atoms. The fraction of sp³-hybridized carbons (Fsp3) is 0.526. The number of carbonyl (C=O) groups excluding carboxylic acids is 1. The Morgan fingerprint density at radius 1 is 1.15 bits per heavy atom. The van der Waals surface area contributed by atoms with E-state index < -0.39 is 10.0 Å². The zero-order valence-electron chi connectivity index (χ0n) is 15.9. The summed E-state index contributed by atoms with van der Waals surface area (Å²) in [6.45, 7) is 9.57. The molecular formula is C19H28N2O4S. The molecule has 26 heavy (non-hydrogen) atoms. The van der Waals surface area contributed by atoms with E-state index in [-0.39, 0.29) is 23.0 Å². The summed E-state index contributed by atoms with van der Waals surface area (Å²) in [6.07, 6.45) is 3.29. The van der Waals surface area contributed by atoms with Crippen molar-refractivity contribution in [2.45, 2.75) is 44.8 Å². The van der Waals surface area contributed by atoms with E-state index in [0.717, 1.165) is 5.56 Å². The number of rotatable bonds is 6. The van der Waals surface area contributed by atoms with Crippen LogP contribution in [-0.2, 0) is 19.6 Å². The zero-order chi connectivity index (χ0) is 19.3. The fourth-order valence-electron chi connectivity index (χ4n) is 3.09. The standard InChI is InChI=1S/C19H28N2O4S/c1-5-21(6-2)26(23,24)18-10-7-17(8-11-18)9-12-19(22)20-13-15(3)25-16(4)14-20/h7-12,15-16H,5-6,13-14H2,1-4H3/b12-9+/t15-,16-/m0/s1. The first-order valence-corrected chi connectivity index (χ1v) is 10.4. The molecule has 0 unspecified atom stereocenters. The van der Waals surface area contributed by atoms with Crippen molar-refractivity contribution in [1.82, 2.24) is 9.21 Å². The summed E-state index contributed by atoms with van der Waals surface area (Å²) in [4.78, 5) is 14.4. The maximum absolute atomic E-state index is 12.5. The molecule has 1 aromatic carbocycles. The third-order valence-electron chi connectivity index (χ3n) is 4.37. The molecule has 0 aromatic heterocycles. The van der Waals surface area contributed by atoms with Gasteiger partial charge in [0, 0.05) is 32.3 Å². The van der Waals surface area contributed by atoms with Crippen molar-refractivity contribution in [3.63, 3.8) is 0 Å². The predicted octanol–water partition coefficient (Wildman–Crippen LogP) is 2.37. The minimum absolute atomic E-state index is 0.0284. The van der Waals surface area contributed by atoms with Gasteiger partial charge in [0.25, 0.3) is 0 Å². The van der Waals surface area contributed by atoms with Gasteiger partial charge in [-0.25, -0.2) is 8.42 Å². The van der Waals surface area contributed by atoms with Gasteiger partial charge >= 0.3 is 0 Å². The molecule has 2 atom stereocenters. The van der Waals surface area contributed by atoms with Crippen LogP contribution in [0.15, 0.2) is 35.2 Å². The van der Waals surface area contributed by atoms with Gasteiger partial charge in [0.1, 0.15) is 0 Å². The molecule has 1 aliphatic rings.